The van der Waals surface area contributed by atoms with E-state index in [9.17, 15) is 19.2 Å². The maximum Gasteiger partial charge on any atom is 0.407 e. The molecule has 0 bridgehead atoms. The standard InChI is InChI=1S/C30H53N7O6.2C2H6/c1-21(2)36-27(40)19-35-26(39)8-7-25(38)33-16-18-42-17-15-32-13-14-34-28(41)43-20-24-29(4)11-9-22(3)23(37-31-6)10-12-30(24,29)5;2*1-2/h21,24,32H,7-20H2,1-6H3,(H,33,38)(H,34,41)(H,35,39)(H,36,40);2*1-2H3/b23-22+,37-31?;;/t24-,29+,30-;;/m1../s1. The van der Waals surface area contributed by atoms with Crippen LogP contribution in [0.5, 0.6) is 0 Å². The number of hydrogen-bond acceptors (Lipinski definition) is 9. The molecule has 2 aliphatic carbocycles. The van der Waals surface area contributed by atoms with Crippen molar-refractivity contribution < 1.29 is 28.7 Å². The second-order valence-corrected chi connectivity index (χ2v) is 12.2. The van der Waals surface area contributed by atoms with E-state index in [-0.39, 0.29) is 54.0 Å². The van der Waals surface area contributed by atoms with Crippen LogP contribution in [0.25, 0.3) is 0 Å². The van der Waals surface area contributed by atoms with Crippen LogP contribution in [0.4, 0.5) is 4.79 Å². The minimum absolute atomic E-state index is 0.00244. The molecule has 272 valence electrons. The van der Waals surface area contributed by atoms with Gasteiger partial charge >= 0.3 is 6.09 Å². The lowest BCUT2D eigenvalue weighted by atomic mass is 9.84. The normalized spacial score (nSPS) is 23.1. The molecule has 0 aliphatic heterocycles. The van der Waals surface area contributed by atoms with Crippen LogP contribution in [-0.4, -0.2) is 89.4 Å². The van der Waals surface area contributed by atoms with Gasteiger partial charge < -0.3 is 36.1 Å². The second kappa shape index (κ2) is 24.1. The van der Waals surface area contributed by atoms with Crippen LogP contribution in [0.15, 0.2) is 21.5 Å². The summed E-state index contributed by atoms with van der Waals surface area (Å²) in [6, 6.07) is 0.00244. The maximum absolute atomic E-state index is 12.3. The summed E-state index contributed by atoms with van der Waals surface area (Å²) in [5.74, 6) is -0.531. The molecule has 0 heterocycles. The number of carbonyl (C=O) groups excluding carboxylic acids is 4. The largest absolute Gasteiger partial charge is 0.449 e. The number of ether oxygens (including phenoxy) is 2. The minimum Gasteiger partial charge on any atom is -0.449 e. The monoisotopic (exact) mass is 667 g/mol. The van der Waals surface area contributed by atoms with Gasteiger partial charge in [0.2, 0.25) is 17.7 Å². The van der Waals surface area contributed by atoms with E-state index in [0.717, 1.165) is 31.4 Å². The Hall–Kier alpha value is -3.06. The van der Waals surface area contributed by atoms with Gasteiger partial charge in [0.15, 0.2) is 0 Å². The molecule has 13 heteroatoms. The summed E-state index contributed by atoms with van der Waals surface area (Å²) in [6.45, 7) is 21.5. The van der Waals surface area contributed by atoms with Gasteiger partial charge in [0.25, 0.3) is 0 Å². The highest BCUT2D eigenvalue weighted by Crippen LogP contribution is 2.74. The molecule has 0 aromatic rings. The van der Waals surface area contributed by atoms with Crippen LogP contribution in [0, 0.1) is 16.7 Å². The highest BCUT2D eigenvalue weighted by atomic mass is 16.5. The van der Waals surface area contributed by atoms with Gasteiger partial charge in [-0.25, -0.2) is 4.79 Å². The highest BCUT2D eigenvalue weighted by molar-refractivity contribution is 5.87. The molecule has 4 amide bonds. The summed E-state index contributed by atoms with van der Waals surface area (Å²) < 4.78 is 11.1. The summed E-state index contributed by atoms with van der Waals surface area (Å²) in [5.41, 5.74) is 2.71. The quantitative estimate of drug-likeness (QED) is 0.106. The van der Waals surface area contributed by atoms with Crippen molar-refractivity contribution in [1.29, 1.82) is 0 Å². The molecule has 3 atom stereocenters. The third-order valence-corrected chi connectivity index (χ3v) is 8.79. The molecule has 13 nitrogen and oxygen atoms in total. The molecular weight excluding hydrogens is 602 g/mol. The van der Waals surface area contributed by atoms with Crippen molar-refractivity contribution in [2.24, 2.45) is 27.0 Å². The molecular formula is C34H65N7O6. The number of azo groups is 1. The van der Waals surface area contributed by atoms with Gasteiger partial charge in [0, 0.05) is 58.0 Å². The number of carbonyl (C=O) groups is 4. The third-order valence-electron chi connectivity index (χ3n) is 8.79. The van der Waals surface area contributed by atoms with Gasteiger partial charge in [0.1, 0.15) is 0 Å². The van der Waals surface area contributed by atoms with E-state index in [1.54, 1.807) is 7.05 Å². The van der Waals surface area contributed by atoms with Crippen molar-refractivity contribution in [2.75, 3.05) is 59.6 Å². The first-order chi connectivity index (χ1) is 22.4. The predicted octanol–water partition coefficient (Wildman–Crippen LogP) is 4.48. The van der Waals surface area contributed by atoms with E-state index in [1.165, 1.54) is 5.57 Å². The van der Waals surface area contributed by atoms with Gasteiger partial charge in [-0.1, -0.05) is 41.5 Å². The Bertz CT molecular complexity index is 1020. The lowest BCUT2D eigenvalue weighted by Crippen LogP contribution is -2.40. The molecule has 2 aliphatic rings. The summed E-state index contributed by atoms with van der Waals surface area (Å²) in [5, 5.41) is 22.2. The lowest BCUT2D eigenvalue weighted by molar-refractivity contribution is -0.128. The third kappa shape index (κ3) is 16.1. The predicted molar refractivity (Wildman–Crippen MR) is 186 cm³/mol. The number of nitrogens with zero attached hydrogens (tertiary/aromatic N) is 2. The van der Waals surface area contributed by atoms with E-state index < -0.39 is 6.09 Å². The van der Waals surface area contributed by atoms with E-state index >= 15 is 0 Å². The molecule has 47 heavy (non-hydrogen) atoms. The number of nitrogens with one attached hydrogen (secondary N) is 5. The van der Waals surface area contributed by atoms with Crippen LogP contribution in [-0.2, 0) is 23.9 Å². The van der Waals surface area contributed by atoms with Crippen molar-refractivity contribution >= 4 is 23.8 Å². The number of rotatable bonds is 18. The molecule has 1 fully saturated rings. The first kappa shape index (κ1) is 43.9. The van der Waals surface area contributed by atoms with Gasteiger partial charge in [-0.15, -0.1) is 0 Å². The van der Waals surface area contributed by atoms with Gasteiger partial charge in [-0.05, 0) is 62.9 Å². The van der Waals surface area contributed by atoms with Crippen LogP contribution in [0.1, 0.15) is 101 Å². The molecule has 1 saturated carbocycles. The number of hydrogen-bond donors (Lipinski definition) is 5. The van der Waals surface area contributed by atoms with Gasteiger partial charge in [-0.3, -0.25) is 14.4 Å². The average Bonchev–Trinajstić information content (AvgIpc) is 3.51. The Morgan fingerprint density at radius 1 is 0.830 bits per heavy atom. The molecule has 2 rings (SSSR count). The molecule has 0 unspecified atom stereocenters. The lowest BCUT2D eigenvalue weighted by Gasteiger charge is -2.22. The fourth-order valence-corrected chi connectivity index (χ4v) is 5.85. The fourth-order valence-electron chi connectivity index (χ4n) is 5.85. The molecule has 0 radical (unpaired) electrons. The highest BCUT2D eigenvalue weighted by Gasteiger charge is 2.69. The van der Waals surface area contributed by atoms with Crippen molar-refractivity contribution in [3.8, 4) is 0 Å². The fraction of sp³-hybridized carbons (Fsp3) is 0.824. The number of amides is 4. The average molecular weight is 668 g/mol. The Morgan fingerprint density at radius 2 is 1.43 bits per heavy atom. The summed E-state index contributed by atoms with van der Waals surface area (Å²) in [6.07, 6.45) is 3.63. The van der Waals surface area contributed by atoms with Crippen LogP contribution < -0.4 is 26.6 Å². The molecule has 0 aromatic heterocycles. The molecule has 0 saturated heterocycles. The number of fused-ring (bicyclic) bond motifs is 1. The Kier molecular flexibility index (Phi) is 22.6. The van der Waals surface area contributed by atoms with Crippen molar-refractivity contribution in [1.82, 2.24) is 26.6 Å². The smallest absolute Gasteiger partial charge is 0.407 e. The van der Waals surface area contributed by atoms with Crippen molar-refractivity contribution in [3.05, 3.63) is 11.3 Å². The first-order valence-electron chi connectivity index (χ1n) is 17.4. The van der Waals surface area contributed by atoms with E-state index in [4.69, 9.17) is 9.47 Å². The zero-order chi connectivity index (χ0) is 35.9. The summed E-state index contributed by atoms with van der Waals surface area (Å²) >= 11 is 0. The SMILES string of the molecule is CC.CC.CN=N/C1=C(\C)CC[C@@]2(C)[C@@H](COC(=O)NCCNCCOCCNC(=O)CCC(=O)NCC(=O)NC(C)C)[C@@]2(C)CC1. The maximum atomic E-state index is 12.3. The van der Waals surface area contributed by atoms with E-state index in [2.05, 4.69) is 57.6 Å². The summed E-state index contributed by atoms with van der Waals surface area (Å²) in [4.78, 5) is 47.4. The summed E-state index contributed by atoms with van der Waals surface area (Å²) in [7, 11) is 1.71. The molecule has 0 spiro atoms. The van der Waals surface area contributed by atoms with Crippen molar-refractivity contribution in [3.63, 3.8) is 0 Å². The molecule has 0 aromatic carbocycles. The van der Waals surface area contributed by atoms with E-state index in [1.807, 2.05) is 41.5 Å². The molecule has 5 N–H and O–H groups in total. The Morgan fingerprint density at radius 3 is 2.04 bits per heavy atom. The van der Waals surface area contributed by atoms with Gasteiger partial charge in [-0.2, -0.15) is 10.2 Å². The van der Waals surface area contributed by atoms with Crippen LogP contribution >= 0.6 is 0 Å². The number of alkyl carbamates (subject to hydrolysis) is 1. The van der Waals surface area contributed by atoms with Crippen LogP contribution in [0.2, 0.25) is 0 Å². The van der Waals surface area contributed by atoms with E-state index in [0.29, 0.717) is 51.9 Å². The van der Waals surface area contributed by atoms with Crippen LogP contribution in [0.3, 0.4) is 0 Å². The zero-order valence-corrected chi connectivity index (χ0v) is 30.9. The minimum atomic E-state index is -0.399. The zero-order valence-electron chi connectivity index (χ0n) is 30.9. The van der Waals surface area contributed by atoms with Crippen molar-refractivity contribution in [2.45, 2.75) is 107 Å². The number of allylic oxidation sites excluding steroid dienone is 2. The second-order valence-electron chi connectivity index (χ2n) is 12.2. The Labute approximate surface area is 283 Å². The first-order valence-corrected chi connectivity index (χ1v) is 17.4. The Balaban J connectivity index is 0.00000508. The van der Waals surface area contributed by atoms with Gasteiger partial charge in [0.05, 0.1) is 32.1 Å². The topological polar surface area (TPSA) is 172 Å².